The Balaban J connectivity index is 1.75. The standard InChI is InChI=1S/C23H33NO2/c1-4-5-9-22(2,26)17-8-10-23-11-12-24(3)21(20(23)14-17)13-16-6-7-18(25)15-19(16)23/h6-8,15,20-21,25-26H,4-5,9-14H2,1-3H3. The van der Waals surface area contributed by atoms with Gasteiger partial charge in [0.2, 0.25) is 0 Å². The summed E-state index contributed by atoms with van der Waals surface area (Å²) in [6, 6.07) is 6.53. The van der Waals surface area contributed by atoms with Gasteiger partial charge in [0.25, 0.3) is 0 Å². The van der Waals surface area contributed by atoms with Crippen LogP contribution in [0.1, 0.15) is 63.5 Å². The lowest BCUT2D eigenvalue weighted by Gasteiger charge is -2.58. The molecule has 3 aliphatic rings. The zero-order valence-electron chi connectivity index (χ0n) is 16.5. The minimum absolute atomic E-state index is 0.133. The lowest BCUT2D eigenvalue weighted by molar-refractivity contribution is 0.0104. The third-order valence-electron chi connectivity index (χ3n) is 7.57. The maximum absolute atomic E-state index is 11.1. The number of benzene rings is 1. The monoisotopic (exact) mass is 355 g/mol. The number of phenols is 1. The molecule has 26 heavy (non-hydrogen) atoms. The van der Waals surface area contributed by atoms with E-state index in [4.69, 9.17) is 0 Å². The quantitative estimate of drug-likeness (QED) is 0.797. The molecule has 2 bridgehead atoms. The highest BCUT2D eigenvalue weighted by atomic mass is 16.3. The molecule has 3 nitrogen and oxygen atoms in total. The van der Waals surface area contributed by atoms with Gasteiger partial charge in [-0.05, 0) is 87.4 Å². The Labute approximate surface area is 157 Å². The van der Waals surface area contributed by atoms with Crippen LogP contribution in [0.15, 0.2) is 29.8 Å². The van der Waals surface area contributed by atoms with Crippen molar-refractivity contribution < 1.29 is 10.2 Å². The van der Waals surface area contributed by atoms with Gasteiger partial charge < -0.3 is 15.1 Å². The summed E-state index contributed by atoms with van der Waals surface area (Å²) in [5.74, 6) is 0.919. The highest BCUT2D eigenvalue weighted by Crippen LogP contribution is 2.56. The Morgan fingerprint density at radius 2 is 2.12 bits per heavy atom. The number of aliphatic hydroxyl groups is 1. The van der Waals surface area contributed by atoms with Crippen LogP contribution in [0.2, 0.25) is 0 Å². The second-order valence-corrected chi connectivity index (χ2v) is 9.12. The molecular weight excluding hydrogens is 322 g/mol. The molecule has 1 heterocycles. The van der Waals surface area contributed by atoms with Crippen LogP contribution in [-0.2, 0) is 11.8 Å². The summed E-state index contributed by atoms with van der Waals surface area (Å²) in [5, 5.41) is 21.2. The fourth-order valence-electron chi connectivity index (χ4n) is 5.91. The van der Waals surface area contributed by atoms with Crippen LogP contribution in [0.25, 0.3) is 0 Å². The van der Waals surface area contributed by atoms with E-state index in [0.717, 1.165) is 51.5 Å². The molecule has 4 unspecified atom stereocenters. The Hall–Kier alpha value is -1.32. The van der Waals surface area contributed by atoms with Crippen LogP contribution < -0.4 is 0 Å². The SMILES string of the molecule is CCCCC(C)(O)C1=CCC23CCN(C)C(Cc4ccc(O)cc42)C3C1. The molecule has 1 aliphatic heterocycles. The highest BCUT2D eigenvalue weighted by molar-refractivity contribution is 5.47. The van der Waals surface area contributed by atoms with Crippen LogP contribution >= 0.6 is 0 Å². The summed E-state index contributed by atoms with van der Waals surface area (Å²) in [5.41, 5.74) is 3.48. The number of nitrogens with zero attached hydrogens (tertiary/aromatic N) is 1. The topological polar surface area (TPSA) is 43.7 Å². The van der Waals surface area contributed by atoms with Gasteiger partial charge >= 0.3 is 0 Å². The Kier molecular flexibility index (Phi) is 4.44. The van der Waals surface area contributed by atoms with Gasteiger partial charge in [-0.1, -0.05) is 31.9 Å². The number of phenolic OH excluding ortho intramolecular Hbond substituents is 1. The van der Waals surface area contributed by atoms with Crippen LogP contribution in [0, 0.1) is 5.92 Å². The largest absolute Gasteiger partial charge is 0.508 e. The lowest BCUT2D eigenvalue weighted by Crippen LogP contribution is -2.60. The van der Waals surface area contributed by atoms with Gasteiger partial charge in [0.15, 0.2) is 0 Å². The molecule has 1 aromatic carbocycles. The van der Waals surface area contributed by atoms with Crippen molar-refractivity contribution in [3.8, 4) is 5.75 Å². The Morgan fingerprint density at radius 3 is 2.88 bits per heavy atom. The third-order valence-corrected chi connectivity index (χ3v) is 7.57. The molecule has 2 N–H and O–H groups in total. The van der Waals surface area contributed by atoms with E-state index >= 15 is 0 Å². The fraction of sp³-hybridized carbons (Fsp3) is 0.652. The molecule has 142 valence electrons. The molecule has 1 fully saturated rings. The molecule has 0 saturated carbocycles. The van der Waals surface area contributed by atoms with E-state index in [1.165, 1.54) is 16.7 Å². The molecule has 1 aromatic rings. The molecule has 1 saturated heterocycles. The smallest absolute Gasteiger partial charge is 0.115 e. The zero-order valence-corrected chi connectivity index (χ0v) is 16.5. The van der Waals surface area contributed by atoms with Crippen molar-refractivity contribution in [3.05, 3.63) is 41.0 Å². The average Bonchev–Trinajstić information content (AvgIpc) is 2.63. The van der Waals surface area contributed by atoms with Crippen LogP contribution in [0.3, 0.4) is 0 Å². The summed E-state index contributed by atoms with van der Waals surface area (Å²) in [4.78, 5) is 2.53. The zero-order chi connectivity index (χ0) is 18.5. The minimum Gasteiger partial charge on any atom is -0.508 e. The number of rotatable bonds is 4. The van der Waals surface area contributed by atoms with Gasteiger partial charge in [-0.2, -0.15) is 0 Å². The molecular formula is C23H33NO2. The van der Waals surface area contributed by atoms with E-state index in [0.29, 0.717) is 17.7 Å². The molecule has 0 radical (unpaired) electrons. The first-order valence-electron chi connectivity index (χ1n) is 10.3. The number of hydrogen-bond acceptors (Lipinski definition) is 3. The van der Waals surface area contributed by atoms with Crippen molar-refractivity contribution in [2.24, 2.45) is 5.92 Å². The Morgan fingerprint density at radius 1 is 1.31 bits per heavy atom. The predicted molar refractivity (Wildman–Crippen MR) is 105 cm³/mol. The first kappa shape index (κ1) is 18.1. The van der Waals surface area contributed by atoms with Crippen molar-refractivity contribution in [1.29, 1.82) is 0 Å². The first-order chi connectivity index (χ1) is 12.4. The number of fused-ring (bicyclic) bond motifs is 1. The van der Waals surface area contributed by atoms with E-state index in [2.05, 4.69) is 31.0 Å². The molecule has 3 heteroatoms. The maximum Gasteiger partial charge on any atom is 0.115 e. The summed E-state index contributed by atoms with van der Waals surface area (Å²) in [7, 11) is 2.26. The number of aromatic hydroxyl groups is 1. The van der Waals surface area contributed by atoms with Crippen molar-refractivity contribution in [3.63, 3.8) is 0 Å². The van der Waals surface area contributed by atoms with Gasteiger partial charge in [0.1, 0.15) is 5.75 Å². The van der Waals surface area contributed by atoms with Crippen molar-refractivity contribution in [2.75, 3.05) is 13.6 Å². The number of allylic oxidation sites excluding steroid dienone is 1. The summed E-state index contributed by atoms with van der Waals surface area (Å²) in [6.45, 7) is 5.31. The molecule has 4 atom stereocenters. The number of hydrogen-bond donors (Lipinski definition) is 2. The molecule has 4 rings (SSSR count). The molecule has 0 amide bonds. The fourth-order valence-corrected chi connectivity index (χ4v) is 5.91. The van der Waals surface area contributed by atoms with Gasteiger partial charge in [-0.25, -0.2) is 0 Å². The lowest BCUT2D eigenvalue weighted by atomic mass is 9.52. The molecule has 0 aromatic heterocycles. The summed E-state index contributed by atoms with van der Waals surface area (Å²) in [6.07, 6.45) is 9.57. The Bertz CT molecular complexity index is 723. The third kappa shape index (κ3) is 2.71. The van der Waals surface area contributed by atoms with Crippen molar-refractivity contribution >= 4 is 0 Å². The maximum atomic E-state index is 11.1. The van der Waals surface area contributed by atoms with E-state index < -0.39 is 5.60 Å². The van der Waals surface area contributed by atoms with Crippen molar-refractivity contribution in [2.45, 2.75) is 75.9 Å². The van der Waals surface area contributed by atoms with Crippen molar-refractivity contribution in [1.82, 2.24) is 4.90 Å². The van der Waals surface area contributed by atoms with Gasteiger partial charge in [0.05, 0.1) is 5.60 Å². The first-order valence-corrected chi connectivity index (χ1v) is 10.3. The van der Waals surface area contributed by atoms with Crippen LogP contribution in [0.4, 0.5) is 0 Å². The van der Waals surface area contributed by atoms with Gasteiger partial charge in [0, 0.05) is 11.5 Å². The summed E-state index contributed by atoms with van der Waals surface area (Å²) < 4.78 is 0. The second kappa shape index (κ2) is 6.38. The van der Waals surface area contributed by atoms with Gasteiger partial charge in [-0.15, -0.1) is 0 Å². The molecule has 0 spiro atoms. The number of likely N-dealkylation sites (N-methyl/N-ethyl adjacent to an activating group) is 1. The van der Waals surface area contributed by atoms with E-state index in [9.17, 15) is 10.2 Å². The normalized spacial score (nSPS) is 33.0. The number of unbranched alkanes of at least 4 members (excludes halogenated alkanes) is 1. The highest BCUT2D eigenvalue weighted by Gasteiger charge is 2.54. The number of piperidine rings is 1. The van der Waals surface area contributed by atoms with E-state index in [-0.39, 0.29) is 5.41 Å². The van der Waals surface area contributed by atoms with E-state index in [1.54, 1.807) is 0 Å². The van der Waals surface area contributed by atoms with Crippen LogP contribution in [0.5, 0.6) is 5.75 Å². The predicted octanol–water partition coefficient (Wildman–Crippen LogP) is 4.17. The van der Waals surface area contributed by atoms with Crippen LogP contribution in [-0.4, -0.2) is 40.3 Å². The van der Waals surface area contributed by atoms with E-state index in [1.807, 2.05) is 19.1 Å². The molecule has 2 aliphatic carbocycles. The minimum atomic E-state index is -0.677. The average molecular weight is 356 g/mol. The number of likely N-dealkylation sites (tertiary alicyclic amines) is 1. The van der Waals surface area contributed by atoms with Gasteiger partial charge in [-0.3, -0.25) is 0 Å². The second-order valence-electron chi connectivity index (χ2n) is 9.12. The summed E-state index contributed by atoms with van der Waals surface area (Å²) >= 11 is 0.